The molecule has 0 N–H and O–H groups in total. The summed E-state index contributed by atoms with van der Waals surface area (Å²) >= 11 is 0. The molecule has 0 unspecified atom stereocenters. The largest absolute Gasteiger partial charge is 0.309 e. The van der Waals surface area contributed by atoms with E-state index in [0.717, 1.165) is 66.6 Å². The molecule has 0 fully saturated rings. The summed E-state index contributed by atoms with van der Waals surface area (Å²) in [7, 11) is 0. The summed E-state index contributed by atoms with van der Waals surface area (Å²) in [6.07, 6.45) is 7.08. The Labute approximate surface area is 262 Å². The van der Waals surface area contributed by atoms with E-state index in [1.165, 1.54) is 21.5 Å². The second-order valence-electron chi connectivity index (χ2n) is 11.5. The van der Waals surface area contributed by atoms with Gasteiger partial charge in [-0.05, 0) is 65.4 Å². The summed E-state index contributed by atoms with van der Waals surface area (Å²) in [5.41, 5.74) is 7.83. The molecule has 214 valence electrons. The number of nitrogens with zero attached hydrogens (tertiary/aromatic N) is 7. The highest BCUT2D eigenvalue weighted by atomic mass is 15.2. The summed E-state index contributed by atoms with van der Waals surface area (Å²) in [4.78, 5) is 13.7. The minimum atomic E-state index is 0.729. The molecule has 0 saturated heterocycles. The minimum absolute atomic E-state index is 0.729. The van der Waals surface area contributed by atoms with Crippen molar-refractivity contribution in [3.05, 3.63) is 140 Å². The molecule has 5 heterocycles. The third kappa shape index (κ3) is 3.63. The summed E-state index contributed by atoms with van der Waals surface area (Å²) in [6.45, 7) is 0. The van der Waals surface area contributed by atoms with Gasteiger partial charge in [-0.3, -0.25) is 14.5 Å². The predicted molar refractivity (Wildman–Crippen MR) is 185 cm³/mol. The molecule has 0 aliphatic rings. The third-order valence-corrected chi connectivity index (χ3v) is 8.97. The van der Waals surface area contributed by atoms with E-state index >= 15 is 0 Å². The molecular weight excluding hydrogens is 566 g/mol. The lowest BCUT2D eigenvalue weighted by Crippen LogP contribution is -2.01. The number of pyridine rings is 1. The van der Waals surface area contributed by atoms with Crippen LogP contribution in [0.3, 0.4) is 0 Å². The Morgan fingerprint density at radius 3 is 2.15 bits per heavy atom. The van der Waals surface area contributed by atoms with Crippen LogP contribution in [-0.4, -0.2) is 34.3 Å². The van der Waals surface area contributed by atoms with Crippen molar-refractivity contribution >= 4 is 65.4 Å². The van der Waals surface area contributed by atoms with Gasteiger partial charge in [-0.1, -0.05) is 60.7 Å². The highest BCUT2D eigenvalue weighted by Gasteiger charge is 2.19. The highest BCUT2D eigenvalue weighted by molar-refractivity contribution is 6.15. The van der Waals surface area contributed by atoms with Gasteiger partial charge in [-0.25, -0.2) is 4.98 Å². The monoisotopic (exact) mass is 589 g/mol. The first-order valence-electron chi connectivity index (χ1n) is 15.2. The maximum absolute atomic E-state index is 4.82. The minimum Gasteiger partial charge on any atom is -0.309 e. The van der Waals surface area contributed by atoms with E-state index in [9.17, 15) is 0 Å². The molecule has 10 aromatic rings. The Morgan fingerprint density at radius 2 is 1.26 bits per heavy atom. The Balaban J connectivity index is 1.30. The topological polar surface area (TPSA) is 74.3 Å². The van der Waals surface area contributed by atoms with Crippen LogP contribution in [0.25, 0.3) is 88.2 Å². The summed E-state index contributed by atoms with van der Waals surface area (Å²) in [5.74, 6) is 0.729. The van der Waals surface area contributed by atoms with Crippen molar-refractivity contribution in [1.29, 1.82) is 0 Å². The average Bonchev–Trinajstić information content (AvgIpc) is 3.62. The van der Waals surface area contributed by atoms with Gasteiger partial charge in [0.05, 0.1) is 34.0 Å². The number of rotatable bonds is 3. The van der Waals surface area contributed by atoms with Crippen LogP contribution in [0.15, 0.2) is 140 Å². The van der Waals surface area contributed by atoms with Gasteiger partial charge in [-0.2, -0.15) is 0 Å². The standard InChI is InChI=1S/C39H23N7/c1-2-7-25-19-36-32(18-24(25)6-1)30-13-11-27(34-23-40-16-17-41-34)20-35(30)45(36)28-12-14-29-31-9-5-15-42-39(31)46(37(29)22-28)38-21-26-8-3-4-10-33(26)43-44-38/h1-23H. The maximum Gasteiger partial charge on any atom is 0.162 e. The second-order valence-corrected chi connectivity index (χ2v) is 11.5. The molecule has 7 nitrogen and oxygen atoms in total. The van der Waals surface area contributed by atoms with Gasteiger partial charge >= 0.3 is 0 Å². The van der Waals surface area contributed by atoms with Gasteiger partial charge < -0.3 is 4.57 Å². The fourth-order valence-corrected chi connectivity index (χ4v) is 6.88. The molecule has 0 aliphatic carbocycles. The molecule has 0 aliphatic heterocycles. The van der Waals surface area contributed by atoms with E-state index in [1.54, 1.807) is 12.4 Å². The zero-order chi connectivity index (χ0) is 30.2. The predicted octanol–water partition coefficient (Wildman–Crippen LogP) is 8.83. The van der Waals surface area contributed by atoms with Crippen LogP contribution in [0.4, 0.5) is 0 Å². The Hall–Kier alpha value is -6.47. The molecular formula is C39H23N7. The van der Waals surface area contributed by atoms with Gasteiger partial charge in [0.25, 0.3) is 0 Å². The number of fused-ring (bicyclic) bond motifs is 8. The van der Waals surface area contributed by atoms with Crippen molar-refractivity contribution in [2.45, 2.75) is 0 Å². The van der Waals surface area contributed by atoms with Crippen molar-refractivity contribution in [1.82, 2.24) is 34.3 Å². The lowest BCUT2D eigenvalue weighted by molar-refractivity contribution is 0.971. The van der Waals surface area contributed by atoms with E-state index in [4.69, 9.17) is 4.98 Å². The SMILES string of the molecule is c1ccc2cc3c(cc2c1)c1ccc(-c2cnccn2)cc1n3-c1ccc2c3cccnc3n(-c3cc4ccccc4nn3)c2c1. The molecule has 5 aromatic heterocycles. The Morgan fingerprint density at radius 1 is 0.478 bits per heavy atom. The number of aromatic nitrogens is 7. The van der Waals surface area contributed by atoms with E-state index in [0.29, 0.717) is 0 Å². The Bertz CT molecular complexity index is 2810. The zero-order valence-electron chi connectivity index (χ0n) is 24.4. The van der Waals surface area contributed by atoms with Gasteiger partial charge in [0.1, 0.15) is 5.65 Å². The van der Waals surface area contributed by atoms with Crippen LogP contribution in [0.5, 0.6) is 0 Å². The second kappa shape index (κ2) is 9.51. The first-order chi connectivity index (χ1) is 22.8. The van der Waals surface area contributed by atoms with Gasteiger partial charge in [-0.15, -0.1) is 10.2 Å². The van der Waals surface area contributed by atoms with Gasteiger partial charge in [0, 0.05) is 56.8 Å². The molecule has 46 heavy (non-hydrogen) atoms. The maximum atomic E-state index is 4.82. The van der Waals surface area contributed by atoms with Crippen molar-refractivity contribution in [3.63, 3.8) is 0 Å². The first-order valence-corrected chi connectivity index (χ1v) is 15.2. The molecule has 0 saturated carbocycles. The van der Waals surface area contributed by atoms with E-state index in [-0.39, 0.29) is 0 Å². The van der Waals surface area contributed by atoms with Crippen molar-refractivity contribution in [2.75, 3.05) is 0 Å². The summed E-state index contributed by atoms with van der Waals surface area (Å²) in [6, 6.07) is 40.6. The summed E-state index contributed by atoms with van der Waals surface area (Å²) < 4.78 is 4.49. The molecule has 0 radical (unpaired) electrons. The molecule has 0 bridgehead atoms. The fourth-order valence-electron chi connectivity index (χ4n) is 6.88. The zero-order valence-corrected chi connectivity index (χ0v) is 24.4. The van der Waals surface area contributed by atoms with Crippen LogP contribution in [-0.2, 0) is 0 Å². The van der Waals surface area contributed by atoms with Gasteiger partial charge in [0.2, 0.25) is 0 Å². The molecule has 7 heteroatoms. The number of benzene rings is 5. The van der Waals surface area contributed by atoms with Crippen LogP contribution in [0.2, 0.25) is 0 Å². The molecule has 0 amide bonds. The van der Waals surface area contributed by atoms with E-state index in [1.807, 2.05) is 36.7 Å². The van der Waals surface area contributed by atoms with Crippen molar-refractivity contribution in [2.24, 2.45) is 0 Å². The van der Waals surface area contributed by atoms with Gasteiger partial charge in [0.15, 0.2) is 5.82 Å². The van der Waals surface area contributed by atoms with Crippen molar-refractivity contribution in [3.8, 4) is 22.8 Å². The quantitative estimate of drug-likeness (QED) is 0.206. The lowest BCUT2D eigenvalue weighted by Gasteiger charge is -2.11. The van der Waals surface area contributed by atoms with Crippen LogP contribution < -0.4 is 0 Å². The third-order valence-electron chi connectivity index (χ3n) is 8.97. The Kier molecular flexibility index (Phi) is 5.15. The van der Waals surface area contributed by atoms with E-state index < -0.39 is 0 Å². The molecule has 0 spiro atoms. The summed E-state index contributed by atoms with van der Waals surface area (Å²) in [5, 5.41) is 17.2. The van der Waals surface area contributed by atoms with Crippen LogP contribution >= 0.6 is 0 Å². The fraction of sp³-hybridized carbons (Fsp3) is 0. The molecule has 0 atom stereocenters. The highest BCUT2D eigenvalue weighted by Crippen LogP contribution is 2.39. The average molecular weight is 590 g/mol. The van der Waals surface area contributed by atoms with Crippen LogP contribution in [0.1, 0.15) is 0 Å². The molecule has 5 aromatic carbocycles. The van der Waals surface area contributed by atoms with E-state index in [2.05, 4.69) is 120 Å². The number of hydrogen-bond donors (Lipinski definition) is 0. The lowest BCUT2D eigenvalue weighted by atomic mass is 10.0. The smallest absolute Gasteiger partial charge is 0.162 e. The number of hydrogen-bond acceptors (Lipinski definition) is 5. The normalized spacial score (nSPS) is 11.9. The van der Waals surface area contributed by atoms with Crippen molar-refractivity contribution < 1.29 is 0 Å². The molecule has 10 rings (SSSR count). The van der Waals surface area contributed by atoms with Crippen LogP contribution in [0, 0.1) is 0 Å². The first kappa shape index (κ1) is 24.9.